The molecule has 1 unspecified atom stereocenters. The van der Waals surface area contributed by atoms with Gasteiger partial charge in [0.1, 0.15) is 0 Å². The highest BCUT2D eigenvalue weighted by atomic mass is 14.9. The molecular formula is C13H25N. The lowest BCUT2D eigenvalue weighted by Gasteiger charge is -2.13. The van der Waals surface area contributed by atoms with Crippen LogP contribution in [0.5, 0.6) is 0 Å². The van der Waals surface area contributed by atoms with Gasteiger partial charge in [-0.25, -0.2) is 0 Å². The van der Waals surface area contributed by atoms with Crippen LogP contribution in [-0.4, -0.2) is 12.6 Å². The van der Waals surface area contributed by atoms with Crippen molar-refractivity contribution < 1.29 is 0 Å². The van der Waals surface area contributed by atoms with Gasteiger partial charge in [-0.05, 0) is 26.2 Å². The van der Waals surface area contributed by atoms with Crippen LogP contribution in [0, 0.1) is 17.8 Å². The molecule has 0 amide bonds. The highest BCUT2D eigenvalue weighted by Gasteiger charge is 2.00. The molecule has 0 radical (unpaired) electrons. The van der Waals surface area contributed by atoms with Crippen molar-refractivity contribution in [2.45, 2.75) is 59.4 Å². The summed E-state index contributed by atoms with van der Waals surface area (Å²) in [5.41, 5.74) is 0. The first-order valence-corrected chi connectivity index (χ1v) is 5.79. The maximum absolute atomic E-state index is 3.49. The zero-order valence-corrected chi connectivity index (χ0v) is 10.2. The van der Waals surface area contributed by atoms with E-state index in [4.69, 9.17) is 0 Å². The Morgan fingerprint density at radius 3 is 2.43 bits per heavy atom. The van der Waals surface area contributed by atoms with Gasteiger partial charge in [0, 0.05) is 19.0 Å². The lowest BCUT2D eigenvalue weighted by Crippen LogP contribution is -2.26. The molecule has 0 saturated heterocycles. The Hall–Kier alpha value is -0.480. The van der Waals surface area contributed by atoms with Crippen LogP contribution in [0.4, 0.5) is 0 Å². The molecule has 0 saturated carbocycles. The normalized spacial score (nSPS) is 12.4. The molecule has 1 nitrogen and oxygen atoms in total. The van der Waals surface area contributed by atoms with Gasteiger partial charge in [0.2, 0.25) is 0 Å². The van der Waals surface area contributed by atoms with Gasteiger partial charge in [0.05, 0.1) is 0 Å². The van der Waals surface area contributed by atoms with Crippen LogP contribution in [0.25, 0.3) is 0 Å². The van der Waals surface area contributed by atoms with Crippen LogP contribution < -0.4 is 5.32 Å². The highest BCUT2D eigenvalue weighted by molar-refractivity contribution is 4.95. The van der Waals surface area contributed by atoms with Crippen LogP contribution in [0.15, 0.2) is 0 Å². The summed E-state index contributed by atoms with van der Waals surface area (Å²) >= 11 is 0. The summed E-state index contributed by atoms with van der Waals surface area (Å²) in [5, 5.41) is 3.49. The average Bonchev–Trinajstić information content (AvgIpc) is 2.12. The summed E-state index contributed by atoms with van der Waals surface area (Å²) in [6, 6.07) is 0.646. The lowest BCUT2D eigenvalue weighted by molar-refractivity contribution is 0.461. The van der Waals surface area contributed by atoms with E-state index in [9.17, 15) is 0 Å². The topological polar surface area (TPSA) is 12.0 Å². The molecule has 0 heterocycles. The fourth-order valence-corrected chi connectivity index (χ4v) is 1.44. The summed E-state index contributed by atoms with van der Waals surface area (Å²) in [4.78, 5) is 0. The van der Waals surface area contributed by atoms with E-state index in [0.717, 1.165) is 18.9 Å². The molecule has 0 aliphatic heterocycles. The minimum atomic E-state index is 0.646. The maximum atomic E-state index is 3.49. The van der Waals surface area contributed by atoms with E-state index in [1.54, 1.807) is 0 Å². The summed E-state index contributed by atoms with van der Waals surface area (Å²) in [5.74, 6) is 6.82. The molecule has 0 bridgehead atoms. The van der Waals surface area contributed by atoms with E-state index < -0.39 is 0 Å². The number of rotatable bonds is 7. The van der Waals surface area contributed by atoms with Gasteiger partial charge in [-0.1, -0.05) is 26.7 Å². The molecule has 0 aromatic rings. The van der Waals surface area contributed by atoms with Gasteiger partial charge in [-0.15, -0.1) is 11.8 Å². The van der Waals surface area contributed by atoms with Gasteiger partial charge in [0.15, 0.2) is 0 Å². The molecule has 0 rings (SSSR count). The highest BCUT2D eigenvalue weighted by Crippen LogP contribution is 2.07. The van der Waals surface area contributed by atoms with Crippen LogP contribution >= 0.6 is 0 Å². The van der Waals surface area contributed by atoms with Crippen LogP contribution in [-0.2, 0) is 0 Å². The van der Waals surface area contributed by atoms with Gasteiger partial charge in [0.25, 0.3) is 0 Å². The standard InChI is InChI=1S/C13H25N/c1-5-6-7-11-14-13(4)10-8-9-12(2)3/h12-14H,7-11H2,1-4H3. The summed E-state index contributed by atoms with van der Waals surface area (Å²) in [6.07, 6.45) is 4.95. The summed E-state index contributed by atoms with van der Waals surface area (Å²) in [7, 11) is 0. The first-order valence-electron chi connectivity index (χ1n) is 5.79. The molecular weight excluding hydrogens is 170 g/mol. The Balaban J connectivity index is 3.26. The van der Waals surface area contributed by atoms with Crippen molar-refractivity contribution >= 4 is 0 Å². The van der Waals surface area contributed by atoms with Gasteiger partial charge >= 0.3 is 0 Å². The fourth-order valence-electron chi connectivity index (χ4n) is 1.44. The second kappa shape index (κ2) is 9.09. The van der Waals surface area contributed by atoms with Crippen molar-refractivity contribution in [3.05, 3.63) is 0 Å². The van der Waals surface area contributed by atoms with E-state index in [1.807, 2.05) is 6.92 Å². The van der Waals surface area contributed by atoms with Gasteiger partial charge in [-0.2, -0.15) is 0 Å². The Kier molecular flexibility index (Phi) is 8.78. The molecule has 1 N–H and O–H groups in total. The molecule has 0 aliphatic carbocycles. The van der Waals surface area contributed by atoms with Crippen molar-refractivity contribution in [3.63, 3.8) is 0 Å². The minimum Gasteiger partial charge on any atom is -0.313 e. The quantitative estimate of drug-likeness (QED) is 0.486. The molecule has 1 heteroatoms. The number of nitrogens with one attached hydrogen (secondary N) is 1. The van der Waals surface area contributed by atoms with E-state index >= 15 is 0 Å². The van der Waals surface area contributed by atoms with E-state index in [2.05, 4.69) is 37.9 Å². The van der Waals surface area contributed by atoms with E-state index in [-0.39, 0.29) is 0 Å². The van der Waals surface area contributed by atoms with Crippen LogP contribution in [0.3, 0.4) is 0 Å². The molecule has 0 aromatic heterocycles. The molecule has 0 aliphatic rings. The van der Waals surface area contributed by atoms with E-state index in [0.29, 0.717) is 6.04 Å². The number of hydrogen-bond acceptors (Lipinski definition) is 1. The average molecular weight is 195 g/mol. The molecule has 14 heavy (non-hydrogen) atoms. The maximum Gasteiger partial charge on any atom is 0.0214 e. The van der Waals surface area contributed by atoms with E-state index in [1.165, 1.54) is 19.3 Å². The Labute approximate surface area is 89.7 Å². The molecule has 0 aromatic carbocycles. The first-order chi connectivity index (χ1) is 6.66. The van der Waals surface area contributed by atoms with Crippen molar-refractivity contribution in [1.29, 1.82) is 0 Å². The third-order valence-electron chi connectivity index (χ3n) is 2.34. The van der Waals surface area contributed by atoms with Crippen molar-refractivity contribution in [1.82, 2.24) is 5.32 Å². The molecule has 0 fully saturated rings. The largest absolute Gasteiger partial charge is 0.313 e. The monoisotopic (exact) mass is 195 g/mol. The third kappa shape index (κ3) is 9.61. The zero-order chi connectivity index (χ0) is 10.8. The van der Waals surface area contributed by atoms with Crippen molar-refractivity contribution in [2.24, 2.45) is 5.92 Å². The first kappa shape index (κ1) is 13.5. The second-order valence-electron chi connectivity index (χ2n) is 4.36. The SMILES string of the molecule is CC#CCCNC(C)CCCC(C)C. The molecule has 82 valence electrons. The third-order valence-corrected chi connectivity index (χ3v) is 2.34. The second-order valence-corrected chi connectivity index (χ2v) is 4.36. The van der Waals surface area contributed by atoms with Crippen molar-refractivity contribution in [2.75, 3.05) is 6.54 Å². The Morgan fingerprint density at radius 1 is 1.14 bits per heavy atom. The molecule has 0 spiro atoms. The van der Waals surface area contributed by atoms with Gasteiger partial charge in [-0.3, -0.25) is 0 Å². The fraction of sp³-hybridized carbons (Fsp3) is 0.846. The lowest BCUT2D eigenvalue weighted by atomic mass is 10.0. The van der Waals surface area contributed by atoms with Crippen LogP contribution in [0.1, 0.15) is 53.4 Å². The predicted molar refractivity (Wildman–Crippen MR) is 64.2 cm³/mol. The van der Waals surface area contributed by atoms with Gasteiger partial charge < -0.3 is 5.32 Å². The van der Waals surface area contributed by atoms with Crippen LogP contribution in [0.2, 0.25) is 0 Å². The smallest absolute Gasteiger partial charge is 0.0214 e. The zero-order valence-electron chi connectivity index (χ0n) is 10.2. The summed E-state index contributed by atoms with van der Waals surface area (Å²) in [6.45, 7) is 9.76. The number of hydrogen-bond donors (Lipinski definition) is 1. The predicted octanol–water partition coefficient (Wildman–Crippen LogP) is 3.20. The molecule has 1 atom stereocenters. The Bertz CT molecular complexity index is 173. The van der Waals surface area contributed by atoms with Crippen molar-refractivity contribution in [3.8, 4) is 11.8 Å². The Morgan fingerprint density at radius 2 is 1.86 bits per heavy atom. The summed E-state index contributed by atoms with van der Waals surface area (Å²) < 4.78 is 0. The minimum absolute atomic E-state index is 0.646.